The average molecular weight is 388 g/mol. The van der Waals surface area contributed by atoms with Crippen molar-refractivity contribution in [1.82, 2.24) is 10.3 Å². The molecular weight excluding hydrogens is 362 g/mol. The van der Waals surface area contributed by atoms with E-state index in [1.54, 1.807) is 18.3 Å². The van der Waals surface area contributed by atoms with Crippen LogP contribution in [-0.2, 0) is 9.53 Å². The van der Waals surface area contributed by atoms with Crippen LogP contribution in [0, 0.1) is 5.92 Å². The summed E-state index contributed by atoms with van der Waals surface area (Å²) in [4.78, 5) is 29.1. The Hall–Kier alpha value is -2.25. The topological polar surface area (TPSA) is 80.3 Å². The van der Waals surface area contributed by atoms with Gasteiger partial charge in [-0.25, -0.2) is 4.98 Å². The quantitative estimate of drug-likeness (QED) is 0.763. The second kappa shape index (κ2) is 9.62. The number of hydrogen-bond acceptors (Lipinski definition) is 5. The standard InChI is InChI=1S/C20H25N3O3S/c1-2-21-18(24)16-5-3-15(4-6-16)17(13-14-7-10-26-11-8-14)19(25)23-20-22-9-12-27-20/h3-6,9,12,14,17H,2,7-8,10-11,13H2,1H3,(H,21,24)(H,22,23,25). The molecule has 0 saturated carbocycles. The number of anilines is 1. The molecule has 7 heteroatoms. The molecule has 0 spiro atoms. The lowest BCUT2D eigenvalue weighted by Crippen LogP contribution is -2.26. The fourth-order valence-corrected chi connectivity index (χ4v) is 3.85. The van der Waals surface area contributed by atoms with Gasteiger partial charge in [0.1, 0.15) is 0 Å². The Kier molecular flexibility index (Phi) is 6.95. The third kappa shape index (κ3) is 5.37. The maximum atomic E-state index is 13.0. The highest BCUT2D eigenvalue weighted by molar-refractivity contribution is 7.13. The molecule has 1 aromatic heterocycles. The molecule has 2 N–H and O–H groups in total. The van der Waals surface area contributed by atoms with Gasteiger partial charge in [0.25, 0.3) is 5.91 Å². The Morgan fingerprint density at radius 3 is 2.63 bits per heavy atom. The van der Waals surface area contributed by atoms with Crippen molar-refractivity contribution in [1.29, 1.82) is 0 Å². The van der Waals surface area contributed by atoms with E-state index in [-0.39, 0.29) is 17.7 Å². The first-order valence-corrected chi connectivity index (χ1v) is 10.2. The first kappa shape index (κ1) is 19.5. The van der Waals surface area contributed by atoms with E-state index in [2.05, 4.69) is 15.6 Å². The van der Waals surface area contributed by atoms with Crippen molar-refractivity contribution in [3.05, 3.63) is 47.0 Å². The van der Waals surface area contributed by atoms with E-state index >= 15 is 0 Å². The van der Waals surface area contributed by atoms with Crippen LogP contribution in [0.3, 0.4) is 0 Å². The summed E-state index contributed by atoms with van der Waals surface area (Å²) in [5.41, 5.74) is 1.52. The molecule has 144 valence electrons. The summed E-state index contributed by atoms with van der Waals surface area (Å²) in [6.07, 6.45) is 4.38. The molecule has 0 bridgehead atoms. The van der Waals surface area contributed by atoms with Gasteiger partial charge in [0.05, 0.1) is 5.92 Å². The highest BCUT2D eigenvalue weighted by Crippen LogP contribution is 2.31. The summed E-state index contributed by atoms with van der Waals surface area (Å²) in [5.74, 6) is 0.0219. The number of carbonyl (C=O) groups is 2. The molecular formula is C20H25N3O3S. The van der Waals surface area contributed by atoms with Crippen LogP contribution < -0.4 is 10.6 Å². The molecule has 1 unspecified atom stereocenters. The number of carbonyl (C=O) groups excluding carboxylic acids is 2. The first-order valence-electron chi connectivity index (χ1n) is 9.33. The molecule has 1 saturated heterocycles. The molecule has 1 aliphatic rings. The van der Waals surface area contributed by atoms with Crippen LogP contribution in [0.4, 0.5) is 5.13 Å². The molecule has 0 aliphatic carbocycles. The minimum atomic E-state index is -0.278. The minimum absolute atomic E-state index is 0.0535. The Morgan fingerprint density at radius 2 is 2.00 bits per heavy atom. The van der Waals surface area contributed by atoms with E-state index < -0.39 is 0 Å². The molecule has 1 fully saturated rings. The average Bonchev–Trinajstić information content (AvgIpc) is 3.20. The predicted octanol–water partition coefficient (Wildman–Crippen LogP) is 3.43. The summed E-state index contributed by atoms with van der Waals surface area (Å²) in [6.45, 7) is 3.98. The number of hydrogen-bond donors (Lipinski definition) is 2. The Morgan fingerprint density at radius 1 is 1.26 bits per heavy atom. The molecule has 3 rings (SSSR count). The number of thiazole rings is 1. The molecule has 2 heterocycles. The van der Waals surface area contributed by atoms with Crippen molar-refractivity contribution >= 4 is 28.3 Å². The number of nitrogens with one attached hydrogen (secondary N) is 2. The van der Waals surface area contributed by atoms with Gasteiger partial charge in [0.15, 0.2) is 5.13 Å². The van der Waals surface area contributed by atoms with Crippen LogP contribution in [0.2, 0.25) is 0 Å². The number of ether oxygens (including phenoxy) is 1. The van der Waals surface area contributed by atoms with E-state index in [9.17, 15) is 9.59 Å². The smallest absolute Gasteiger partial charge is 0.251 e. The summed E-state index contributed by atoms with van der Waals surface area (Å²) < 4.78 is 5.44. The van der Waals surface area contributed by atoms with Gasteiger partial charge >= 0.3 is 0 Å². The second-order valence-corrected chi connectivity index (χ2v) is 7.55. The van der Waals surface area contributed by atoms with Crippen LogP contribution in [0.25, 0.3) is 0 Å². The van der Waals surface area contributed by atoms with Crippen molar-refractivity contribution in [2.45, 2.75) is 32.1 Å². The zero-order chi connectivity index (χ0) is 19.1. The second-order valence-electron chi connectivity index (χ2n) is 6.65. The van der Waals surface area contributed by atoms with Crippen molar-refractivity contribution in [3.63, 3.8) is 0 Å². The lowest BCUT2D eigenvalue weighted by atomic mass is 9.84. The van der Waals surface area contributed by atoms with Crippen LogP contribution in [0.1, 0.15) is 48.0 Å². The normalized spacial score (nSPS) is 15.9. The number of nitrogens with zero attached hydrogens (tertiary/aromatic N) is 1. The zero-order valence-electron chi connectivity index (χ0n) is 15.4. The molecule has 2 aromatic rings. The maximum Gasteiger partial charge on any atom is 0.251 e. The number of amides is 2. The lowest BCUT2D eigenvalue weighted by Gasteiger charge is -2.26. The highest BCUT2D eigenvalue weighted by Gasteiger charge is 2.27. The van der Waals surface area contributed by atoms with Gasteiger partial charge < -0.3 is 15.4 Å². The van der Waals surface area contributed by atoms with Crippen molar-refractivity contribution in [2.24, 2.45) is 5.92 Å². The fourth-order valence-electron chi connectivity index (χ4n) is 3.32. The Bertz CT molecular complexity index is 740. The van der Waals surface area contributed by atoms with Crippen molar-refractivity contribution < 1.29 is 14.3 Å². The molecule has 1 aromatic carbocycles. The third-order valence-electron chi connectivity index (χ3n) is 4.80. The van der Waals surface area contributed by atoms with Gasteiger partial charge in [-0.3, -0.25) is 9.59 Å². The minimum Gasteiger partial charge on any atom is -0.381 e. The molecule has 2 amide bonds. The van der Waals surface area contributed by atoms with E-state index in [1.165, 1.54) is 11.3 Å². The first-order chi connectivity index (χ1) is 13.2. The number of rotatable bonds is 7. The van der Waals surface area contributed by atoms with Crippen LogP contribution in [0.5, 0.6) is 0 Å². The Balaban J connectivity index is 1.77. The van der Waals surface area contributed by atoms with Crippen LogP contribution >= 0.6 is 11.3 Å². The van der Waals surface area contributed by atoms with Crippen molar-refractivity contribution in [2.75, 3.05) is 25.1 Å². The highest BCUT2D eigenvalue weighted by atomic mass is 32.1. The van der Waals surface area contributed by atoms with E-state index in [1.807, 2.05) is 24.4 Å². The summed E-state index contributed by atoms with van der Waals surface area (Å²) in [5, 5.41) is 8.16. The summed E-state index contributed by atoms with van der Waals surface area (Å²) >= 11 is 1.41. The summed E-state index contributed by atoms with van der Waals surface area (Å²) in [7, 11) is 0. The van der Waals surface area contributed by atoms with Crippen LogP contribution in [-0.4, -0.2) is 36.6 Å². The molecule has 1 aliphatic heterocycles. The van der Waals surface area contributed by atoms with Crippen molar-refractivity contribution in [3.8, 4) is 0 Å². The molecule has 0 radical (unpaired) electrons. The molecule has 6 nitrogen and oxygen atoms in total. The molecule has 1 atom stereocenters. The predicted molar refractivity (Wildman–Crippen MR) is 106 cm³/mol. The van der Waals surface area contributed by atoms with Crippen LogP contribution in [0.15, 0.2) is 35.8 Å². The van der Waals surface area contributed by atoms with Gasteiger partial charge in [-0.2, -0.15) is 0 Å². The lowest BCUT2D eigenvalue weighted by molar-refractivity contribution is -0.118. The van der Waals surface area contributed by atoms with Gasteiger partial charge in [-0.1, -0.05) is 12.1 Å². The SMILES string of the molecule is CCNC(=O)c1ccc(C(CC2CCOCC2)C(=O)Nc2nccs2)cc1. The van der Waals surface area contributed by atoms with Gasteiger partial charge in [-0.15, -0.1) is 11.3 Å². The van der Waals surface area contributed by atoms with Gasteiger partial charge in [0, 0.05) is 36.9 Å². The van der Waals surface area contributed by atoms with E-state index in [0.717, 1.165) is 38.0 Å². The Labute approximate surface area is 163 Å². The third-order valence-corrected chi connectivity index (χ3v) is 5.49. The monoisotopic (exact) mass is 387 g/mol. The zero-order valence-corrected chi connectivity index (χ0v) is 16.3. The van der Waals surface area contributed by atoms with E-state index in [4.69, 9.17) is 4.74 Å². The molecule has 27 heavy (non-hydrogen) atoms. The fraction of sp³-hybridized carbons (Fsp3) is 0.450. The van der Waals surface area contributed by atoms with Gasteiger partial charge in [0.2, 0.25) is 5.91 Å². The maximum absolute atomic E-state index is 13.0. The summed E-state index contributed by atoms with van der Waals surface area (Å²) in [6, 6.07) is 7.34. The van der Waals surface area contributed by atoms with E-state index in [0.29, 0.717) is 23.2 Å². The number of aromatic nitrogens is 1. The largest absolute Gasteiger partial charge is 0.381 e. The number of benzene rings is 1. The van der Waals surface area contributed by atoms with Gasteiger partial charge in [-0.05, 0) is 49.8 Å².